The Bertz CT molecular complexity index is 421. The number of hydrogen-bond donors (Lipinski definition) is 1. The van der Waals surface area contributed by atoms with Gasteiger partial charge in [0.15, 0.2) is 0 Å². The molecule has 0 amide bonds. The lowest BCUT2D eigenvalue weighted by atomic mass is 10.0. The van der Waals surface area contributed by atoms with Gasteiger partial charge in [0.25, 0.3) is 0 Å². The van der Waals surface area contributed by atoms with E-state index >= 15 is 0 Å². The fourth-order valence-corrected chi connectivity index (χ4v) is 3.26. The third-order valence-electron chi connectivity index (χ3n) is 3.94. The summed E-state index contributed by atoms with van der Waals surface area (Å²) in [6.45, 7) is 5.48. The van der Waals surface area contributed by atoms with Crippen molar-refractivity contribution in [2.45, 2.75) is 64.5 Å². The summed E-state index contributed by atoms with van der Waals surface area (Å²) in [5.41, 5.74) is 1.33. The molecule has 2 rings (SSSR count). The monoisotopic (exact) mass is 339 g/mol. The van der Waals surface area contributed by atoms with E-state index in [0.29, 0.717) is 12.1 Å². The average molecular weight is 340 g/mol. The second-order valence-corrected chi connectivity index (χ2v) is 6.65. The number of unbranched alkanes of at least 4 members (excludes halogenated alkanes) is 1. The summed E-state index contributed by atoms with van der Waals surface area (Å²) in [7, 11) is 0. The number of benzene rings is 1. The number of hydrogen-bond acceptors (Lipinski definition) is 2. The van der Waals surface area contributed by atoms with Crippen molar-refractivity contribution >= 4 is 15.9 Å². The van der Waals surface area contributed by atoms with Crippen LogP contribution in [0.3, 0.4) is 0 Å². The van der Waals surface area contributed by atoms with Gasteiger partial charge in [-0.1, -0.05) is 49.0 Å². The minimum Gasteiger partial charge on any atom is -0.488 e. The maximum absolute atomic E-state index is 6.01. The van der Waals surface area contributed by atoms with Gasteiger partial charge in [-0.2, -0.15) is 0 Å². The van der Waals surface area contributed by atoms with Crippen molar-refractivity contribution in [2.75, 3.05) is 6.54 Å². The molecule has 0 radical (unpaired) electrons. The first kappa shape index (κ1) is 15.8. The average Bonchev–Trinajstić information content (AvgIpc) is 2.83. The fourth-order valence-electron chi connectivity index (χ4n) is 2.85. The highest BCUT2D eigenvalue weighted by Gasteiger charge is 2.23. The highest BCUT2D eigenvalue weighted by atomic mass is 79.9. The maximum atomic E-state index is 6.01. The SMILES string of the molecule is CCCCC(CCC)NCC1Cc2cc(Br)ccc2O1. The Balaban J connectivity index is 1.80. The van der Waals surface area contributed by atoms with Gasteiger partial charge in [0.1, 0.15) is 11.9 Å². The van der Waals surface area contributed by atoms with Gasteiger partial charge in [-0.05, 0) is 36.6 Å². The standard InChI is InChI=1S/C17H26BrNO/c1-3-5-7-15(6-4-2)19-12-16-11-13-10-14(18)8-9-17(13)20-16/h8-10,15-16,19H,3-7,11-12H2,1-2H3. The maximum Gasteiger partial charge on any atom is 0.123 e. The van der Waals surface area contributed by atoms with E-state index in [1.165, 1.54) is 37.7 Å². The van der Waals surface area contributed by atoms with E-state index < -0.39 is 0 Å². The van der Waals surface area contributed by atoms with E-state index in [-0.39, 0.29) is 0 Å². The van der Waals surface area contributed by atoms with Crippen molar-refractivity contribution < 1.29 is 4.74 Å². The smallest absolute Gasteiger partial charge is 0.123 e. The molecule has 2 unspecified atom stereocenters. The lowest BCUT2D eigenvalue weighted by Crippen LogP contribution is -2.37. The van der Waals surface area contributed by atoms with Crippen LogP contribution < -0.4 is 10.1 Å². The molecular formula is C17H26BrNO. The number of rotatable bonds is 8. The number of ether oxygens (including phenoxy) is 1. The van der Waals surface area contributed by atoms with Gasteiger partial charge in [0.05, 0.1) is 0 Å². The van der Waals surface area contributed by atoms with Crippen molar-refractivity contribution in [1.29, 1.82) is 0 Å². The third kappa shape index (κ3) is 4.49. The molecular weight excluding hydrogens is 314 g/mol. The van der Waals surface area contributed by atoms with Crippen LogP contribution in [0.4, 0.5) is 0 Å². The van der Waals surface area contributed by atoms with Gasteiger partial charge in [0, 0.05) is 23.5 Å². The topological polar surface area (TPSA) is 21.3 Å². The van der Waals surface area contributed by atoms with Crippen molar-refractivity contribution in [3.8, 4) is 5.75 Å². The Morgan fingerprint density at radius 2 is 2.15 bits per heavy atom. The lowest BCUT2D eigenvalue weighted by Gasteiger charge is -2.20. The highest BCUT2D eigenvalue weighted by Crippen LogP contribution is 2.31. The van der Waals surface area contributed by atoms with Crippen molar-refractivity contribution in [3.05, 3.63) is 28.2 Å². The Hall–Kier alpha value is -0.540. The van der Waals surface area contributed by atoms with E-state index in [1.807, 2.05) is 0 Å². The lowest BCUT2D eigenvalue weighted by molar-refractivity contribution is 0.218. The van der Waals surface area contributed by atoms with Crippen LogP contribution in [0, 0.1) is 0 Å². The molecule has 2 atom stereocenters. The molecule has 2 nitrogen and oxygen atoms in total. The second-order valence-electron chi connectivity index (χ2n) is 5.73. The van der Waals surface area contributed by atoms with Crippen LogP contribution in [-0.4, -0.2) is 18.7 Å². The molecule has 0 spiro atoms. The molecule has 1 aliphatic rings. The van der Waals surface area contributed by atoms with Gasteiger partial charge in [-0.3, -0.25) is 0 Å². The first-order valence-electron chi connectivity index (χ1n) is 7.91. The fraction of sp³-hybridized carbons (Fsp3) is 0.647. The van der Waals surface area contributed by atoms with Crippen molar-refractivity contribution in [3.63, 3.8) is 0 Å². The molecule has 112 valence electrons. The molecule has 1 N–H and O–H groups in total. The van der Waals surface area contributed by atoms with Crippen LogP contribution in [0.1, 0.15) is 51.5 Å². The summed E-state index contributed by atoms with van der Waals surface area (Å²) < 4.78 is 7.15. The van der Waals surface area contributed by atoms with Gasteiger partial charge in [0.2, 0.25) is 0 Å². The van der Waals surface area contributed by atoms with Crippen molar-refractivity contribution in [2.24, 2.45) is 0 Å². The third-order valence-corrected chi connectivity index (χ3v) is 4.43. The molecule has 0 saturated carbocycles. The largest absolute Gasteiger partial charge is 0.488 e. The van der Waals surface area contributed by atoms with Crippen LogP contribution in [0.15, 0.2) is 22.7 Å². The predicted octanol–water partition coefficient (Wildman–Crippen LogP) is 4.70. The Kier molecular flexibility index (Phi) is 6.37. The molecule has 0 bridgehead atoms. The molecule has 1 aromatic rings. The van der Waals surface area contributed by atoms with E-state index in [2.05, 4.69) is 53.3 Å². The van der Waals surface area contributed by atoms with Gasteiger partial charge in [-0.15, -0.1) is 0 Å². The molecule has 3 heteroatoms. The zero-order chi connectivity index (χ0) is 14.4. The van der Waals surface area contributed by atoms with Crippen LogP contribution >= 0.6 is 15.9 Å². The summed E-state index contributed by atoms with van der Waals surface area (Å²) in [6.07, 6.45) is 7.72. The molecule has 0 fully saturated rings. The quantitative estimate of drug-likeness (QED) is 0.741. The number of halogens is 1. The highest BCUT2D eigenvalue weighted by molar-refractivity contribution is 9.10. The van der Waals surface area contributed by atoms with Crippen molar-refractivity contribution in [1.82, 2.24) is 5.32 Å². The van der Waals surface area contributed by atoms with Crippen LogP contribution in [-0.2, 0) is 6.42 Å². The van der Waals surface area contributed by atoms with E-state index in [9.17, 15) is 0 Å². The van der Waals surface area contributed by atoms with Gasteiger partial charge in [-0.25, -0.2) is 0 Å². The second kappa shape index (κ2) is 8.04. The molecule has 20 heavy (non-hydrogen) atoms. The van der Waals surface area contributed by atoms with Crippen LogP contribution in [0.5, 0.6) is 5.75 Å². The Morgan fingerprint density at radius 1 is 1.30 bits per heavy atom. The summed E-state index contributed by atoms with van der Waals surface area (Å²) in [5, 5.41) is 3.71. The molecule has 1 aliphatic heterocycles. The molecule has 0 saturated heterocycles. The number of nitrogens with one attached hydrogen (secondary N) is 1. The van der Waals surface area contributed by atoms with Crippen LogP contribution in [0.2, 0.25) is 0 Å². The Morgan fingerprint density at radius 3 is 2.90 bits per heavy atom. The minimum atomic E-state index is 0.292. The first-order chi connectivity index (χ1) is 9.72. The summed E-state index contributed by atoms with van der Waals surface area (Å²) in [5.74, 6) is 1.06. The van der Waals surface area contributed by atoms with Gasteiger partial charge < -0.3 is 10.1 Å². The summed E-state index contributed by atoms with van der Waals surface area (Å²) in [6, 6.07) is 6.95. The minimum absolute atomic E-state index is 0.292. The number of fused-ring (bicyclic) bond motifs is 1. The predicted molar refractivity (Wildman–Crippen MR) is 88.5 cm³/mol. The van der Waals surface area contributed by atoms with E-state index in [4.69, 9.17) is 4.74 Å². The first-order valence-corrected chi connectivity index (χ1v) is 8.70. The molecule has 0 aliphatic carbocycles. The Labute approximate surface area is 131 Å². The van der Waals surface area contributed by atoms with Crippen LogP contribution in [0.25, 0.3) is 0 Å². The van der Waals surface area contributed by atoms with E-state index in [1.54, 1.807) is 0 Å². The normalized spacial score (nSPS) is 18.6. The van der Waals surface area contributed by atoms with E-state index in [0.717, 1.165) is 23.2 Å². The molecule has 1 aromatic carbocycles. The molecule has 0 aromatic heterocycles. The zero-order valence-electron chi connectivity index (χ0n) is 12.6. The summed E-state index contributed by atoms with van der Waals surface area (Å²) in [4.78, 5) is 0. The summed E-state index contributed by atoms with van der Waals surface area (Å²) >= 11 is 3.52. The molecule has 1 heterocycles. The zero-order valence-corrected chi connectivity index (χ0v) is 14.2. The van der Waals surface area contributed by atoms with Gasteiger partial charge >= 0.3 is 0 Å².